The van der Waals surface area contributed by atoms with Crippen molar-refractivity contribution in [2.24, 2.45) is 0 Å². The van der Waals surface area contributed by atoms with Crippen molar-refractivity contribution in [3.8, 4) is 0 Å². The molecule has 21 heavy (non-hydrogen) atoms. The Morgan fingerprint density at radius 1 is 1.19 bits per heavy atom. The summed E-state index contributed by atoms with van der Waals surface area (Å²) in [4.78, 5) is 0. The molecule has 2 heterocycles. The second kappa shape index (κ2) is 5.88. The van der Waals surface area contributed by atoms with Crippen LogP contribution < -0.4 is 0 Å². The average Bonchev–Trinajstić information content (AvgIpc) is 3.12. The van der Waals surface area contributed by atoms with Gasteiger partial charge in [-0.05, 0) is 29.9 Å². The van der Waals surface area contributed by atoms with Crippen molar-refractivity contribution >= 4 is 21.4 Å². The summed E-state index contributed by atoms with van der Waals surface area (Å²) < 4.78 is 27.1. The molecule has 0 unspecified atom stereocenters. The third-order valence-corrected chi connectivity index (χ3v) is 7.10. The van der Waals surface area contributed by atoms with Crippen molar-refractivity contribution in [1.29, 1.82) is 0 Å². The number of nitrogens with zero attached hydrogens (tertiary/aromatic N) is 1. The molecule has 1 fully saturated rings. The van der Waals surface area contributed by atoms with E-state index in [9.17, 15) is 13.5 Å². The predicted octanol–water partition coefficient (Wildman–Crippen LogP) is 2.11. The first-order valence-electron chi connectivity index (χ1n) is 6.86. The fraction of sp³-hybridized carbons (Fsp3) is 0.333. The van der Waals surface area contributed by atoms with Crippen LogP contribution in [0, 0.1) is 0 Å². The second-order valence-electron chi connectivity index (χ2n) is 5.16. The van der Waals surface area contributed by atoms with E-state index in [2.05, 4.69) is 0 Å². The number of rotatable bonds is 4. The first-order chi connectivity index (χ1) is 10.1. The zero-order chi connectivity index (χ0) is 14.9. The lowest BCUT2D eigenvalue weighted by Gasteiger charge is -2.25. The fourth-order valence-electron chi connectivity index (χ4n) is 2.73. The molecular formula is C15H17NO3S2. The van der Waals surface area contributed by atoms with E-state index in [0.717, 1.165) is 5.56 Å². The molecule has 0 saturated carbocycles. The van der Waals surface area contributed by atoms with Gasteiger partial charge in [-0.2, -0.15) is 4.31 Å². The lowest BCUT2D eigenvalue weighted by molar-refractivity contribution is 0.142. The van der Waals surface area contributed by atoms with Gasteiger partial charge in [0.1, 0.15) is 4.21 Å². The summed E-state index contributed by atoms with van der Waals surface area (Å²) in [5.74, 6) is 0. The molecule has 4 nitrogen and oxygen atoms in total. The highest BCUT2D eigenvalue weighted by molar-refractivity contribution is 7.91. The molecule has 1 aromatic heterocycles. The van der Waals surface area contributed by atoms with E-state index >= 15 is 0 Å². The van der Waals surface area contributed by atoms with Gasteiger partial charge in [-0.1, -0.05) is 36.4 Å². The Hall–Kier alpha value is -1.21. The molecule has 6 heteroatoms. The van der Waals surface area contributed by atoms with Gasteiger partial charge < -0.3 is 5.11 Å². The van der Waals surface area contributed by atoms with Gasteiger partial charge in [0.05, 0.1) is 12.1 Å². The Bertz CT molecular complexity index is 683. The summed E-state index contributed by atoms with van der Waals surface area (Å²) in [6.07, 6.45) is 0.411. The van der Waals surface area contributed by atoms with Gasteiger partial charge in [-0.15, -0.1) is 11.3 Å². The molecule has 2 aromatic rings. The molecule has 112 valence electrons. The lowest BCUT2D eigenvalue weighted by atomic mass is 10.0. The van der Waals surface area contributed by atoms with Crippen LogP contribution in [0.3, 0.4) is 0 Å². The zero-order valence-electron chi connectivity index (χ0n) is 11.4. The van der Waals surface area contributed by atoms with Crippen LogP contribution in [0.25, 0.3) is 0 Å². The maximum atomic E-state index is 12.7. The van der Waals surface area contributed by atoms with Gasteiger partial charge in [0, 0.05) is 6.54 Å². The van der Waals surface area contributed by atoms with Crippen LogP contribution in [0.4, 0.5) is 0 Å². The van der Waals surface area contributed by atoms with E-state index in [0.29, 0.717) is 23.6 Å². The number of hydrogen-bond acceptors (Lipinski definition) is 4. The van der Waals surface area contributed by atoms with Gasteiger partial charge in [0.15, 0.2) is 0 Å². The van der Waals surface area contributed by atoms with Gasteiger partial charge in [-0.3, -0.25) is 0 Å². The third-order valence-electron chi connectivity index (χ3n) is 3.81. The average molecular weight is 323 g/mol. The summed E-state index contributed by atoms with van der Waals surface area (Å²) in [6.45, 7) is 0.374. The van der Waals surface area contributed by atoms with E-state index in [1.165, 1.54) is 15.6 Å². The minimum absolute atomic E-state index is 0.342. The molecular weight excluding hydrogens is 306 g/mol. The molecule has 0 spiro atoms. The van der Waals surface area contributed by atoms with Crippen LogP contribution in [-0.4, -0.2) is 36.5 Å². The first-order valence-corrected chi connectivity index (χ1v) is 9.18. The van der Waals surface area contributed by atoms with Crippen LogP contribution in [0.2, 0.25) is 0 Å². The highest BCUT2D eigenvalue weighted by Crippen LogP contribution is 2.30. The quantitative estimate of drug-likeness (QED) is 0.937. The maximum absolute atomic E-state index is 12.7. The number of benzene rings is 1. The van der Waals surface area contributed by atoms with Gasteiger partial charge >= 0.3 is 0 Å². The Morgan fingerprint density at radius 2 is 1.95 bits per heavy atom. The van der Waals surface area contributed by atoms with Crippen LogP contribution in [0.1, 0.15) is 12.0 Å². The van der Waals surface area contributed by atoms with Crippen molar-refractivity contribution in [3.05, 3.63) is 53.4 Å². The van der Waals surface area contributed by atoms with Gasteiger partial charge in [-0.25, -0.2) is 8.42 Å². The summed E-state index contributed by atoms with van der Waals surface area (Å²) >= 11 is 1.22. The van der Waals surface area contributed by atoms with Crippen molar-refractivity contribution in [1.82, 2.24) is 4.31 Å². The second-order valence-corrected chi connectivity index (χ2v) is 8.23. The van der Waals surface area contributed by atoms with Crippen molar-refractivity contribution in [3.63, 3.8) is 0 Å². The Morgan fingerprint density at radius 3 is 2.62 bits per heavy atom. The topological polar surface area (TPSA) is 57.6 Å². The Balaban J connectivity index is 1.88. The molecule has 2 atom stereocenters. The van der Waals surface area contributed by atoms with Crippen molar-refractivity contribution in [2.45, 2.75) is 29.2 Å². The Labute approximate surface area is 128 Å². The molecule has 1 aliphatic rings. The molecule has 0 aliphatic carbocycles. The minimum Gasteiger partial charge on any atom is -0.391 e. The van der Waals surface area contributed by atoms with Crippen LogP contribution in [0.15, 0.2) is 52.1 Å². The van der Waals surface area contributed by atoms with E-state index in [4.69, 9.17) is 0 Å². The van der Waals surface area contributed by atoms with Gasteiger partial charge in [0.25, 0.3) is 10.0 Å². The number of aliphatic hydroxyl groups excluding tert-OH is 1. The standard InChI is InChI=1S/C15H17NO3S2/c17-14-8-9-16(21(18,19)15-7-4-10-20-15)13(14)11-12-5-2-1-3-6-12/h1-7,10,13-14,17H,8-9,11H2/t13-,14+/m0/s1. The third kappa shape index (κ3) is 2.89. The fourth-order valence-corrected chi connectivity index (χ4v) is 5.51. The molecule has 1 N–H and O–H groups in total. The van der Waals surface area contributed by atoms with E-state index in [-0.39, 0.29) is 6.04 Å². The van der Waals surface area contributed by atoms with Gasteiger partial charge in [0.2, 0.25) is 0 Å². The van der Waals surface area contributed by atoms with Crippen LogP contribution in [0.5, 0.6) is 0 Å². The van der Waals surface area contributed by atoms with E-state index < -0.39 is 16.1 Å². The summed E-state index contributed by atoms with van der Waals surface area (Å²) in [5, 5.41) is 11.9. The van der Waals surface area contributed by atoms with Crippen molar-refractivity contribution in [2.75, 3.05) is 6.54 Å². The maximum Gasteiger partial charge on any atom is 0.252 e. The molecule has 1 aromatic carbocycles. The largest absolute Gasteiger partial charge is 0.391 e. The Kier molecular flexibility index (Phi) is 4.12. The molecule has 1 aliphatic heterocycles. The van der Waals surface area contributed by atoms with E-state index in [1.807, 2.05) is 30.3 Å². The summed E-state index contributed by atoms with van der Waals surface area (Å²) in [7, 11) is -3.51. The minimum atomic E-state index is -3.51. The molecule has 3 rings (SSSR count). The zero-order valence-corrected chi connectivity index (χ0v) is 13.1. The monoisotopic (exact) mass is 323 g/mol. The van der Waals surface area contributed by atoms with Crippen LogP contribution in [-0.2, 0) is 16.4 Å². The smallest absolute Gasteiger partial charge is 0.252 e. The predicted molar refractivity (Wildman–Crippen MR) is 82.8 cm³/mol. The molecule has 1 saturated heterocycles. The SMILES string of the molecule is O=S(=O)(c1cccs1)N1CC[C@@H](O)[C@@H]1Cc1ccccc1. The molecule has 0 amide bonds. The number of thiophene rings is 1. The van der Waals surface area contributed by atoms with Crippen molar-refractivity contribution < 1.29 is 13.5 Å². The lowest BCUT2D eigenvalue weighted by Crippen LogP contribution is -2.40. The number of sulfonamides is 1. The summed E-state index contributed by atoms with van der Waals surface area (Å²) in [5.41, 5.74) is 1.04. The molecule has 0 radical (unpaired) electrons. The first kappa shape index (κ1) is 14.7. The number of hydrogen-bond donors (Lipinski definition) is 1. The van der Waals surface area contributed by atoms with E-state index in [1.54, 1.807) is 17.5 Å². The highest BCUT2D eigenvalue weighted by atomic mass is 32.2. The normalized spacial score (nSPS) is 23.5. The highest BCUT2D eigenvalue weighted by Gasteiger charge is 2.41. The number of aliphatic hydroxyl groups is 1. The summed E-state index contributed by atoms with van der Waals surface area (Å²) in [6, 6.07) is 12.7. The van der Waals surface area contributed by atoms with Crippen LogP contribution >= 0.6 is 11.3 Å². The molecule has 0 bridgehead atoms.